The Balaban J connectivity index is 1.66. The van der Waals surface area contributed by atoms with Crippen LogP contribution in [0.25, 0.3) is 0 Å². The monoisotopic (exact) mass is 409 g/mol. The molecule has 1 saturated heterocycles. The molecule has 0 aromatic heterocycles. The van der Waals surface area contributed by atoms with Gasteiger partial charge in [0.1, 0.15) is 0 Å². The van der Waals surface area contributed by atoms with Gasteiger partial charge in [-0.3, -0.25) is 14.9 Å². The molecule has 5 atom stereocenters. The normalized spacial score (nSPS) is 32.9. The molecule has 3 rings (SSSR count). The molecule has 156 valence electrons. The summed E-state index contributed by atoms with van der Waals surface area (Å²) in [5, 5.41) is 10.6. The summed E-state index contributed by atoms with van der Waals surface area (Å²) in [6.07, 6.45) is 9.87. The Bertz CT molecular complexity index is 759. The van der Waals surface area contributed by atoms with Crippen LogP contribution in [-0.2, 0) is 19.4 Å². The second-order valence-corrected chi connectivity index (χ2v) is 10.4. The Morgan fingerprint density at radius 2 is 2.04 bits per heavy atom. The zero-order valence-corrected chi connectivity index (χ0v) is 17.4. The SMILES string of the molecule is CC(C)[C@H](N[C@@H]1C=CS(=O)(=O)C1)C(=O)N[C@@H]1CCC(=O)N[C@H]1[C@@H]1CC=CCC1. The molecule has 2 aliphatic heterocycles. The Labute approximate surface area is 167 Å². The molecule has 0 aromatic rings. The maximum absolute atomic E-state index is 13.0. The zero-order chi connectivity index (χ0) is 20.3. The summed E-state index contributed by atoms with van der Waals surface area (Å²) in [7, 11) is -3.18. The van der Waals surface area contributed by atoms with Gasteiger partial charge in [-0.25, -0.2) is 8.42 Å². The van der Waals surface area contributed by atoms with E-state index in [2.05, 4.69) is 28.1 Å². The zero-order valence-electron chi connectivity index (χ0n) is 16.6. The molecular formula is C20H31N3O4S. The fraction of sp³-hybridized carbons (Fsp3) is 0.700. The van der Waals surface area contributed by atoms with Crippen LogP contribution in [0.4, 0.5) is 0 Å². The van der Waals surface area contributed by atoms with Crippen molar-refractivity contribution in [1.29, 1.82) is 0 Å². The van der Waals surface area contributed by atoms with Gasteiger partial charge in [0.15, 0.2) is 9.84 Å². The third kappa shape index (κ3) is 5.23. The first-order chi connectivity index (χ1) is 13.2. The van der Waals surface area contributed by atoms with Gasteiger partial charge >= 0.3 is 0 Å². The fourth-order valence-corrected chi connectivity index (χ4v) is 5.58. The maximum atomic E-state index is 13.0. The molecule has 28 heavy (non-hydrogen) atoms. The summed E-state index contributed by atoms with van der Waals surface area (Å²) in [5.41, 5.74) is 0. The van der Waals surface area contributed by atoms with Crippen LogP contribution in [0.2, 0.25) is 0 Å². The van der Waals surface area contributed by atoms with Crippen LogP contribution >= 0.6 is 0 Å². The Kier molecular flexibility index (Phi) is 6.60. The van der Waals surface area contributed by atoms with Crippen LogP contribution in [0, 0.1) is 11.8 Å². The average Bonchev–Trinajstić information content (AvgIpc) is 3.00. The smallest absolute Gasteiger partial charge is 0.237 e. The van der Waals surface area contributed by atoms with Crippen molar-refractivity contribution in [2.45, 2.75) is 70.1 Å². The quantitative estimate of drug-likeness (QED) is 0.569. The molecule has 2 amide bonds. The van der Waals surface area contributed by atoms with E-state index in [1.807, 2.05) is 13.8 Å². The first kappa shape index (κ1) is 21.0. The van der Waals surface area contributed by atoms with Crippen molar-refractivity contribution in [3.63, 3.8) is 0 Å². The molecule has 3 N–H and O–H groups in total. The van der Waals surface area contributed by atoms with Gasteiger partial charge in [0, 0.05) is 23.9 Å². The van der Waals surface area contributed by atoms with Gasteiger partial charge in [0.2, 0.25) is 11.8 Å². The topological polar surface area (TPSA) is 104 Å². The number of amides is 2. The molecule has 2 heterocycles. The number of carbonyl (C=O) groups excluding carboxylic acids is 2. The minimum Gasteiger partial charge on any atom is -0.351 e. The number of sulfone groups is 1. The lowest BCUT2D eigenvalue weighted by molar-refractivity contribution is -0.129. The molecule has 3 aliphatic rings. The molecular weight excluding hydrogens is 378 g/mol. The van der Waals surface area contributed by atoms with Crippen LogP contribution in [0.15, 0.2) is 23.6 Å². The highest BCUT2D eigenvalue weighted by Gasteiger charge is 2.37. The van der Waals surface area contributed by atoms with Crippen molar-refractivity contribution >= 4 is 21.7 Å². The number of rotatable bonds is 6. The third-order valence-corrected chi connectivity index (χ3v) is 7.26. The summed E-state index contributed by atoms with van der Waals surface area (Å²) in [5.74, 6) is 0.231. The minimum atomic E-state index is -3.18. The summed E-state index contributed by atoms with van der Waals surface area (Å²) >= 11 is 0. The lowest BCUT2D eigenvalue weighted by atomic mass is 9.80. The van der Waals surface area contributed by atoms with Crippen LogP contribution in [0.5, 0.6) is 0 Å². The van der Waals surface area contributed by atoms with E-state index in [0.29, 0.717) is 18.8 Å². The lowest BCUT2D eigenvalue weighted by Gasteiger charge is -2.39. The molecule has 0 unspecified atom stereocenters. The van der Waals surface area contributed by atoms with Crippen molar-refractivity contribution < 1.29 is 18.0 Å². The first-order valence-electron chi connectivity index (χ1n) is 10.2. The highest BCUT2D eigenvalue weighted by molar-refractivity contribution is 7.94. The second kappa shape index (κ2) is 8.78. The first-order valence-corrected chi connectivity index (χ1v) is 11.9. The van der Waals surface area contributed by atoms with Crippen molar-refractivity contribution in [1.82, 2.24) is 16.0 Å². The van der Waals surface area contributed by atoms with Crippen molar-refractivity contribution in [3.8, 4) is 0 Å². The Hall–Kier alpha value is -1.67. The van der Waals surface area contributed by atoms with E-state index in [-0.39, 0.29) is 41.6 Å². The summed E-state index contributed by atoms with van der Waals surface area (Å²) < 4.78 is 23.3. The van der Waals surface area contributed by atoms with Crippen LogP contribution in [0.1, 0.15) is 46.0 Å². The third-order valence-electron chi connectivity index (χ3n) is 5.86. The van der Waals surface area contributed by atoms with Gasteiger partial charge < -0.3 is 10.6 Å². The lowest BCUT2D eigenvalue weighted by Crippen LogP contribution is -2.61. The van der Waals surface area contributed by atoms with Gasteiger partial charge in [-0.15, -0.1) is 0 Å². The number of hydrogen-bond donors (Lipinski definition) is 3. The maximum Gasteiger partial charge on any atom is 0.237 e. The van der Waals surface area contributed by atoms with Gasteiger partial charge in [0.25, 0.3) is 0 Å². The highest BCUT2D eigenvalue weighted by Crippen LogP contribution is 2.27. The van der Waals surface area contributed by atoms with Gasteiger partial charge in [-0.1, -0.05) is 32.1 Å². The molecule has 0 aromatic carbocycles. The molecule has 0 bridgehead atoms. The van der Waals surface area contributed by atoms with Gasteiger partial charge in [-0.2, -0.15) is 0 Å². The van der Waals surface area contributed by atoms with E-state index in [9.17, 15) is 18.0 Å². The van der Waals surface area contributed by atoms with Crippen molar-refractivity contribution in [2.75, 3.05) is 5.75 Å². The number of hydrogen-bond acceptors (Lipinski definition) is 5. The standard InChI is InChI=1S/C20H31N3O4S/c1-13(2)18(21-15-10-11-28(26,27)12-15)20(25)22-16-8-9-17(24)23-19(16)14-6-4-3-5-7-14/h3-4,10-11,13-16,18-19,21H,5-9,12H2,1-2H3,(H,22,25)(H,23,24)/t14-,15-,16-,18+,19+/m1/s1. The highest BCUT2D eigenvalue weighted by atomic mass is 32.2. The Morgan fingerprint density at radius 1 is 1.25 bits per heavy atom. The molecule has 0 saturated carbocycles. The van der Waals surface area contributed by atoms with E-state index in [1.54, 1.807) is 6.08 Å². The van der Waals surface area contributed by atoms with E-state index in [0.717, 1.165) is 19.3 Å². The van der Waals surface area contributed by atoms with E-state index in [1.165, 1.54) is 5.41 Å². The predicted octanol–water partition coefficient (Wildman–Crippen LogP) is 1.03. The van der Waals surface area contributed by atoms with Gasteiger partial charge in [-0.05, 0) is 37.5 Å². The Morgan fingerprint density at radius 3 is 2.64 bits per heavy atom. The largest absolute Gasteiger partial charge is 0.351 e. The van der Waals surface area contributed by atoms with E-state index in [4.69, 9.17) is 0 Å². The number of piperidine rings is 1. The summed E-state index contributed by atoms with van der Waals surface area (Å²) in [4.78, 5) is 25.0. The molecule has 7 nitrogen and oxygen atoms in total. The predicted molar refractivity (Wildman–Crippen MR) is 108 cm³/mol. The van der Waals surface area contributed by atoms with E-state index < -0.39 is 15.9 Å². The van der Waals surface area contributed by atoms with Gasteiger partial charge in [0.05, 0.1) is 17.8 Å². The molecule has 1 fully saturated rings. The molecule has 0 spiro atoms. The van der Waals surface area contributed by atoms with Crippen LogP contribution in [-0.4, -0.2) is 50.2 Å². The second-order valence-electron chi connectivity index (χ2n) is 8.44. The molecule has 1 aliphatic carbocycles. The number of carbonyl (C=O) groups is 2. The summed E-state index contributed by atoms with van der Waals surface area (Å²) in [6.45, 7) is 3.88. The molecule has 0 radical (unpaired) electrons. The average molecular weight is 410 g/mol. The van der Waals surface area contributed by atoms with Crippen LogP contribution in [0.3, 0.4) is 0 Å². The summed E-state index contributed by atoms with van der Waals surface area (Å²) in [6, 6.07) is -1.01. The van der Waals surface area contributed by atoms with Crippen LogP contribution < -0.4 is 16.0 Å². The van der Waals surface area contributed by atoms with Crippen molar-refractivity contribution in [2.24, 2.45) is 11.8 Å². The minimum absolute atomic E-state index is 0.00551. The van der Waals surface area contributed by atoms with E-state index >= 15 is 0 Å². The number of nitrogens with one attached hydrogen (secondary N) is 3. The molecule has 8 heteroatoms. The van der Waals surface area contributed by atoms with Crippen molar-refractivity contribution in [3.05, 3.63) is 23.6 Å². The fourth-order valence-electron chi connectivity index (χ4n) is 4.33. The number of allylic oxidation sites excluding steroid dienone is 2.